The molecule has 0 amide bonds. The van der Waals surface area contributed by atoms with E-state index < -0.39 is 0 Å². The van der Waals surface area contributed by atoms with Crippen molar-refractivity contribution in [2.45, 2.75) is 40.2 Å². The maximum atomic E-state index is 8.94. The number of nitrogens with zero attached hydrogens (tertiary/aromatic N) is 1. The molecule has 92 valence electrons. The molecule has 0 aliphatic heterocycles. The molecule has 0 fully saturated rings. The molecular weight excluding hydrogens is 208 g/mol. The molecule has 0 saturated carbocycles. The summed E-state index contributed by atoms with van der Waals surface area (Å²) in [5.74, 6) is 0. The fourth-order valence-corrected chi connectivity index (χ4v) is 1.84. The van der Waals surface area contributed by atoms with E-state index in [4.69, 9.17) is 5.26 Å². The van der Waals surface area contributed by atoms with E-state index in [1.165, 1.54) is 11.1 Å². The molecule has 0 heterocycles. The van der Waals surface area contributed by atoms with Gasteiger partial charge in [0.1, 0.15) is 0 Å². The van der Waals surface area contributed by atoms with Crippen molar-refractivity contribution in [2.75, 3.05) is 6.54 Å². The predicted octanol–water partition coefficient (Wildman–Crippen LogP) is 3.59. The van der Waals surface area contributed by atoms with Gasteiger partial charge in [0.05, 0.1) is 11.5 Å². The molecule has 0 saturated heterocycles. The van der Waals surface area contributed by atoms with Crippen LogP contribution in [-0.2, 0) is 0 Å². The first-order chi connectivity index (χ1) is 7.96. The third-order valence-corrected chi connectivity index (χ3v) is 3.16. The average Bonchev–Trinajstić information content (AvgIpc) is 2.29. The number of aryl methyl sites for hydroxylation is 1. The highest BCUT2D eigenvalue weighted by Gasteiger charge is 2.16. The Kier molecular flexibility index (Phi) is 4.72. The SMILES string of the molecule is Cc1ccccc1[C@H](C)NCCC(C)(C)C#N. The summed E-state index contributed by atoms with van der Waals surface area (Å²) in [4.78, 5) is 0. The van der Waals surface area contributed by atoms with Crippen molar-refractivity contribution >= 4 is 0 Å². The standard InChI is InChI=1S/C15H22N2/c1-12-7-5-6-8-14(12)13(2)17-10-9-15(3,4)11-16/h5-8,13,17H,9-10H2,1-4H3/t13-/m0/s1. The largest absolute Gasteiger partial charge is 0.310 e. The molecule has 1 aromatic carbocycles. The summed E-state index contributed by atoms with van der Waals surface area (Å²) in [6, 6.07) is 11.1. The Morgan fingerprint density at radius 3 is 2.59 bits per heavy atom. The number of rotatable bonds is 5. The van der Waals surface area contributed by atoms with Crippen molar-refractivity contribution in [1.29, 1.82) is 5.26 Å². The van der Waals surface area contributed by atoms with Gasteiger partial charge in [0.15, 0.2) is 0 Å². The van der Waals surface area contributed by atoms with Crippen molar-refractivity contribution in [3.05, 3.63) is 35.4 Å². The first-order valence-electron chi connectivity index (χ1n) is 6.16. The molecule has 0 aromatic heterocycles. The number of nitrogens with one attached hydrogen (secondary N) is 1. The van der Waals surface area contributed by atoms with E-state index in [1.807, 2.05) is 13.8 Å². The molecule has 2 nitrogen and oxygen atoms in total. The first kappa shape index (κ1) is 13.7. The highest BCUT2D eigenvalue weighted by atomic mass is 14.9. The van der Waals surface area contributed by atoms with Crippen LogP contribution in [-0.4, -0.2) is 6.54 Å². The van der Waals surface area contributed by atoms with Crippen LogP contribution in [0.2, 0.25) is 0 Å². The van der Waals surface area contributed by atoms with Gasteiger partial charge < -0.3 is 5.32 Å². The van der Waals surface area contributed by atoms with Crippen molar-refractivity contribution in [3.8, 4) is 6.07 Å². The summed E-state index contributed by atoms with van der Waals surface area (Å²) in [5.41, 5.74) is 2.41. The van der Waals surface area contributed by atoms with E-state index in [9.17, 15) is 0 Å². The van der Waals surface area contributed by atoms with Gasteiger partial charge >= 0.3 is 0 Å². The van der Waals surface area contributed by atoms with Crippen LogP contribution in [0.15, 0.2) is 24.3 Å². The van der Waals surface area contributed by atoms with Gasteiger partial charge in [0, 0.05) is 6.04 Å². The van der Waals surface area contributed by atoms with Crippen LogP contribution in [0.4, 0.5) is 0 Å². The Labute approximate surface area is 105 Å². The zero-order chi connectivity index (χ0) is 12.9. The molecule has 1 N–H and O–H groups in total. The Morgan fingerprint density at radius 1 is 1.35 bits per heavy atom. The summed E-state index contributed by atoms with van der Waals surface area (Å²) in [6.45, 7) is 9.13. The van der Waals surface area contributed by atoms with Gasteiger partial charge in [-0.15, -0.1) is 0 Å². The Balaban J connectivity index is 2.49. The fraction of sp³-hybridized carbons (Fsp3) is 0.533. The zero-order valence-electron chi connectivity index (χ0n) is 11.2. The lowest BCUT2D eigenvalue weighted by Gasteiger charge is -2.20. The monoisotopic (exact) mass is 230 g/mol. The average molecular weight is 230 g/mol. The van der Waals surface area contributed by atoms with E-state index in [1.54, 1.807) is 0 Å². The van der Waals surface area contributed by atoms with Gasteiger partial charge in [-0.2, -0.15) is 5.26 Å². The molecule has 1 rings (SSSR count). The summed E-state index contributed by atoms with van der Waals surface area (Å²) >= 11 is 0. The number of nitriles is 1. The first-order valence-corrected chi connectivity index (χ1v) is 6.16. The second-order valence-electron chi connectivity index (χ2n) is 5.28. The van der Waals surface area contributed by atoms with Crippen LogP contribution < -0.4 is 5.32 Å². The highest BCUT2D eigenvalue weighted by molar-refractivity contribution is 5.28. The van der Waals surface area contributed by atoms with E-state index in [-0.39, 0.29) is 5.41 Å². The minimum Gasteiger partial charge on any atom is -0.310 e. The lowest BCUT2D eigenvalue weighted by Crippen LogP contribution is -2.24. The number of hydrogen-bond acceptors (Lipinski definition) is 2. The highest BCUT2D eigenvalue weighted by Crippen LogP contribution is 2.20. The second kappa shape index (κ2) is 5.84. The predicted molar refractivity (Wildman–Crippen MR) is 71.6 cm³/mol. The molecule has 1 aromatic rings. The maximum Gasteiger partial charge on any atom is 0.0684 e. The molecule has 0 spiro atoms. The molecule has 0 aliphatic rings. The second-order valence-corrected chi connectivity index (χ2v) is 5.28. The normalized spacial score (nSPS) is 13.1. The number of benzene rings is 1. The molecule has 0 aliphatic carbocycles. The van der Waals surface area contributed by atoms with Gasteiger partial charge in [0.2, 0.25) is 0 Å². The number of hydrogen-bond donors (Lipinski definition) is 1. The van der Waals surface area contributed by atoms with Crippen molar-refractivity contribution in [2.24, 2.45) is 5.41 Å². The van der Waals surface area contributed by atoms with Crippen molar-refractivity contribution < 1.29 is 0 Å². The van der Waals surface area contributed by atoms with Gasteiger partial charge in [-0.1, -0.05) is 24.3 Å². The topological polar surface area (TPSA) is 35.8 Å². The molecule has 0 radical (unpaired) electrons. The molecule has 2 heteroatoms. The van der Waals surface area contributed by atoms with Crippen molar-refractivity contribution in [3.63, 3.8) is 0 Å². The van der Waals surface area contributed by atoms with Gasteiger partial charge in [-0.3, -0.25) is 0 Å². The molecule has 0 bridgehead atoms. The third-order valence-electron chi connectivity index (χ3n) is 3.16. The smallest absolute Gasteiger partial charge is 0.0684 e. The summed E-state index contributed by atoms with van der Waals surface area (Å²) in [6.07, 6.45) is 0.875. The van der Waals surface area contributed by atoms with E-state index >= 15 is 0 Å². The van der Waals surface area contributed by atoms with Gasteiger partial charge in [0.25, 0.3) is 0 Å². The quantitative estimate of drug-likeness (QED) is 0.839. The fourth-order valence-electron chi connectivity index (χ4n) is 1.84. The zero-order valence-corrected chi connectivity index (χ0v) is 11.2. The van der Waals surface area contributed by atoms with Crippen LogP contribution in [0, 0.1) is 23.7 Å². The Morgan fingerprint density at radius 2 is 2.00 bits per heavy atom. The van der Waals surface area contributed by atoms with Crippen LogP contribution in [0.1, 0.15) is 44.4 Å². The minimum absolute atomic E-state index is 0.238. The van der Waals surface area contributed by atoms with E-state index in [0.717, 1.165) is 13.0 Å². The third kappa shape index (κ3) is 4.20. The van der Waals surface area contributed by atoms with Gasteiger partial charge in [-0.05, 0) is 51.8 Å². The van der Waals surface area contributed by atoms with Crippen LogP contribution in [0.25, 0.3) is 0 Å². The lowest BCUT2D eigenvalue weighted by molar-refractivity contribution is 0.416. The van der Waals surface area contributed by atoms with Crippen LogP contribution in [0.3, 0.4) is 0 Å². The molecular formula is C15H22N2. The molecule has 0 unspecified atom stereocenters. The molecule has 1 atom stereocenters. The summed E-state index contributed by atoms with van der Waals surface area (Å²) in [5, 5.41) is 12.4. The van der Waals surface area contributed by atoms with Crippen LogP contribution in [0.5, 0.6) is 0 Å². The van der Waals surface area contributed by atoms with Gasteiger partial charge in [-0.25, -0.2) is 0 Å². The maximum absolute atomic E-state index is 8.94. The summed E-state index contributed by atoms with van der Waals surface area (Å²) in [7, 11) is 0. The van der Waals surface area contributed by atoms with E-state index in [2.05, 4.69) is 49.5 Å². The molecule has 17 heavy (non-hydrogen) atoms. The van der Waals surface area contributed by atoms with Crippen LogP contribution >= 0.6 is 0 Å². The van der Waals surface area contributed by atoms with Crippen molar-refractivity contribution in [1.82, 2.24) is 5.32 Å². The Hall–Kier alpha value is -1.33. The minimum atomic E-state index is -0.238. The Bertz CT molecular complexity index is 402. The summed E-state index contributed by atoms with van der Waals surface area (Å²) < 4.78 is 0. The lowest BCUT2D eigenvalue weighted by atomic mass is 9.91. The van der Waals surface area contributed by atoms with E-state index in [0.29, 0.717) is 6.04 Å².